The number of nitrogens with zero attached hydrogens (tertiary/aromatic N) is 4. The molecule has 2 aromatic heterocycles. The molecule has 0 radical (unpaired) electrons. The number of aromatic carboxylic acids is 1. The summed E-state index contributed by atoms with van der Waals surface area (Å²) in [5.74, 6) is 0.0942. The van der Waals surface area contributed by atoms with Crippen LogP contribution in [-0.4, -0.2) is 48.4 Å². The number of fused-ring (bicyclic) bond motifs is 1. The van der Waals surface area contributed by atoms with Crippen LogP contribution in [0.1, 0.15) is 53.8 Å². The molecule has 0 aliphatic heterocycles. The van der Waals surface area contributed by atoms with Crippen LogP contribution in [0.15, 0.2) is 48.5 Å². The third-order valence-corrected chi connectivity index (χ3v) is 7.29. The molecule has 0 unspecified atom stereocenters. The highest BCUT2D eigenvalue weighted by atomic mass is 35.5. The predicted octanol–water partition coefficient (Wildman–Crippen LogP) is 5.55. The Morgan fingerprint density at radius 3 is 2.59 bits per heavy atom. The maximum atomic E-state index is 12.0. The number of rotatable bonds is 10. The molecule has 1 aliphatic rings. The van der Waals surface area contributed by atoms with Crippen molar-refractivity contribution in [3.63, 3.8) is 0 Å². The van der Waals surface area contributed by atoms with Gasteiger partial charge < -0.3 is 20.1 Å². The summed E-state index contributed by atoms with van der Waals surface area (Å²) in [5.41, 5.74) is 4.00. The summed E-state index contributed by atoms with van der Waals surface area (Å²) in [4.78, 5) is 25.6. The van der Waals surface area contributed by atoms with E-state index in [1.165, 1.54) is 6.42 Å². The molecule has 8 nitrogen and oxygen atoms in total. The molecule has 3 N–H and O–H groups in total. The average Bonchev–Trinajstić information content (AvgIpc) is 3.21. The van der Waals surface area contributed by atoms with Gasteiger partial charge in [-0.2, -0.15) is 0 Å². The summed E-state index contributed by atoms with van der Waals surface area (Å²) in [6.07, 6.45) is 4.80. The molecular formula is C28H30ClN5O3. The summed E-state index contributed by atoms with van der Waals surface area (Å²) in [6, 6.07) is 15.7. The van der Waals surface area contributed by atoms with E-state index < -0.39 is 5.97 Å². The fourth-order valence-electron chi connectivity index (χ4n) is 4.92. The number of anilines is 1. The van der Waals surface area contributed by atoms with Crippen LogP contribution in [0.2, 0.25) is 5.02 Å². The van der Waals surface area contributed by atoms with Gasteiger partial charge in [0.2, 0.25) is 5.82 Å². The number of carboxylic acid groups (broad SMARTS) is 1. The van der Waals surface area contributed by atoms with Crippen LogP contribution < -0.4 is 5.32 Å². The van der Waals surface area contributed by atoms with Gasteiger partial charge in [-0.3, -0.25) is 0 Å². The third kappa shape index (κ3) is 5.45. The first-order chi connectivity index (χ1) is 17.9. The first-order valence-electron chi connectivity index (χ1n) is 12.6. The SMILES string of the molecule is Cc1cccc(-c2nc3nc(C(=O)O)nc(N[C@H](CCCO)C4CCC4)c3n2Cc2ccc(Cl)cc2)c1. The first kappa shape index (κ1) is 25.2. The van der Waals surface area contributed by atoms with Gasteiger partial charge in [-0.15, -0.1) is 0 Å². The number of imidazole rings is 1. The van der Waals surface area contributed by atoms with Crippen LogP contribution >= 0.6 is 11.6 Å². The zero-order chi connectivity index (χ0) is 25.9. The summed E-state index contributed by atoms with van der Waals surface area (Å²) in [7, 11) is 0. The number of hydrogen-bond donors (Lipinski definition) is 3. The quantitative estimate of drug-likeness (QED) is 0.251. The summed E-state index contributed by atoms with van der Waals surface area (Å²) in [5, 5.41) is 23.4. The van der Waals surface area contributed by atoms with E-state index in [0.29, 0.717) is 46.7 Å². The molecule has 192 valence electrons. The predicted molar refractivity (Wildman–Crippen MR) is 144 cm³/mol. The lowest BCUT2D eigenvalue weighted by molar-refractivity contribution is 0.0684. The molecule has 2 aromatic carbocycles. The standard InChI is InChI=1S/C28H30ClN5O3/c1-17-5-2-8-20(15-17)27-33-25-23(34(27)16-18-10-12-21(29)13-11-18)24(31-26(32-25)28(36)37)30-22(9-4-14-35)19-6-3-7-19/h2,5,8,10-13,15,19,22,35H,3-4,6-7,9,14,16H2,1H3,(H,36,37)(H,30,31,32)/t22-/m1/s1. The van der Waals surface area contributed by atoms with Crippen molar-refractivity contribution in [1.82, 2.24) is 19.5 Å². The summed E-state index contributed by atoms with van der Waals surface area (Å²) in [6.45, 7) is 2.61. The molecule has 1 saturated carbocycles. The fraction of sp³-hybridized carbons (Fsp3) is 0.357. The van der Waals surface area contributed by atoms with Gasteiger partial charge >= 0.3 is 5.97 Å². The number of halogens is 1. The molecule has 0 spiro atoms. The number of hydrogen-bond acceptors (Lipinski definition) is 6. The highest BCUT2D eigenvalue weighted by Crippen LogP contribution is 2.35. The van der Waals surface area contributed by atoms with Crippen LogP contribution in [0.5, 0.6) is 0 Å². The van der Waals surface area contributed by atoms with E-state index in [0.717, 1.165) is 36.0 Å². The van der Waals surface area contributed by atoms with Crippen molar-refractivity contribution < 1.29 is 15.0 Å². The summed E-state index contributed by atoms with van der Waals surface area (Å²) >= 11 is 6.13. The van der Waals surface area contributed by atoms with E-state index in [4.69, 9.17) is 16.6 Å². The Morgan fingerprint density at radius 2 is 1.95 bits per heavy atom. The largest absolute Gasteiger partial charge is 0.475 e. The number of aliphatic hydroxyl groups is 1. The molecule has 1 fully saturated rings. The second kappa shape index (κ2) is 10.9. The van der Waals surface area contributed by atoms with Crippen molar-refractivity contribution in [2.75, 3.05) is 11.9 Å². The van der Waals surface area contributed by atoms with Crippen LogP contribution in [0.4, 0.5) is 5.82 Å². The Balaban J connectivity index is 1.69. The van der Waals surface area contributed by atoms with Crippen LogP contribution in [0.3, 0.4) is 0 Å². The Morgan fingerprint density at radius 1 is 1.16 bits per heavy atom. The average molecular weight is 520 g/mol. The summed E-state index contributed by atoms with van der Waals surface area (Å²) < 4.78 is 2.05. The molecular weight excluding hydrogens is 490 g/mol. The Hall–Kier alpha value is -3.49. The minimum absolute atomic E-state index is 0.0712. The Bertz CT molecular complexity index is 1420. The van der Waals surface area contributed by atoms with Crippen LogP contribution in [-0.2, 0) is 6.54 Å². The lowest BCUT2D eigenvalue weighted by atomic mass is 9.78. The molecule has 1 atom stereocenters. The van der Waals surface area contributed by atoms with E-state index in [1.807, 2.05) is 54.0 Å². The normalized spacial score (nSPS) is 14.5. The molecule has 1 aliphatic carbocycles. The minimum atomic E-state index is -1.20. The molecule has 0 bridgehead atoms. The highest BCUT2D eigenvalue weighted by Gasteiger charge is 2.29. The van der Waals surface area contributed by atoms with Gasteiger partial charge in [0.25, 0.3) is 0 Å². The van der Waals surface area contributed by atoms with Crippen molar-refractivity contribution in [1.29, 1.82) is 0 Å². The van der Waals surface area contributed by atoms with E-state index in [-0.39, 0.29) is 18.5 Å². The molecule has 0 saturated heterocycles. The van der Waals surface area contributed by atoms with Crippen molar-refractivity contribution in [3.8, 4) is 11.4 Å². The smallest absolute Gasteiger partial charge is 0.374 e. The zero-order valence-corrected chi connectivity index (χ0v) is 21.4. The van der Waals surface area contributed by atoms with Gasteiger partial charge in [0, 0.05) is 29.8 Å². The van der Waals surface area contributed by atoms with E-state index in [1.54, 1.807) is 0 Å². The third-order valence-electron chi connectivity index (χ3n) is 7.04. The monoisotopic (exact) mass is 519 g/mol. The van der Waals surface area contributed by atoms with Crippen LogP contribution in [0.25, 0.3) is 22.6 Å². The molecule has 2 heterocycles. The zero-order valence-electron chi connectivity index (χ0n) is 20.7. The van der Waals surface area contributed by atoms with Gasteiger partial charge in [0.15, 0.2) is 11.5 Å². The molecule has 37 heavy (non-hydrogen) atoms. The lowest BCUT2D eigenvalue weighted by Crippen LogP contribution is -2.34. The van der Waals surface area contributed by atoms with Gasteiger partial charge in [-0.25, -0.2) is 19.7 Å². The Kier molecular flexibility index (Phi) is 7.39. The number of aromatic nitrogens is 4. The van der Waals surface area contributed by atoms with Crippen molar-refractivity contribution in [2.24, 2.45) is 5.92 Å². The maximum absolute atomic E-state index is 12.0. The highest BCUT2D eigenvalue weighted by molar-refractivity contribution is 6.30. The van der Waals surface area contributed by atoms with E-state index in [2.05, 4.69) is 21.4 Å². The molecule has 9 heteroatoms. The van der Waals surface area contributed by atoms with E-state index >= 15 is 0 Å². The number of benzene rings is 2. The van der Waals surface area contributed by atoms with Crippen molar-refractivity contribution >= 4 is 34.6 Å². The molecule has 4 aromatic rings. The number of carbonyl (C=O) groups is 1. The van der Waals surface area contributed by atoms with Crippen LogP contribution in [0, 0.1) is 12.8 Å². The van der Waals surface area contributed by atoms with Gasteiger partial charge in [0.05, 0.1) is 0 Å². The molecule has 5 rings (SSSR count). The van der Waals surface area contributed by atoms with E-state index in [9.17, 15) is 15.0 Å². The Labute approximate surface area is 220 Å². The first-order valence-corrected chi connectivity index (χ1v) is 13.0. The van der Waals surface area contributed by atoms with Gasteiger partial charge in [0.1, 0.15) is 11.3 Å². The second-order valence-corrected chi connectivity index (χ2v) is 10.1. The fourth-order valence-corrected chi connectivity index (χ4v) is 5.04. The van der Waals surface area contributed by atoms with Gasteiger partial charge in [-0.05, 0) is 62.3 Å². The number of aryl methyl sites for hydroxylation is 1. The van der Waals surface area contributed by atoms with Crippen molar-refractivity contribution in [2.45, 2.75) is 51.6 Å². The van der Waals surface area contributed by atoms with Crippen molar-refractivity contribution in [3.05, 3.63) is 70.5 Å². The lowest BCUT2D eigenvalue weighted by Gasteiger charge is -2.34. The second-order valence-electron chi connectivity index (χ2n) is 9.70. The maximum Gasteiger partial charge on any atom is 0.374 e. The number of aliphatic hydroxyl groups excluding tert-OH is 1. The number of nitrogens with one attached hydrogen (secondary N) is 1. The molecule has 0 amide bonds. The topological polar surface area (TPSA) is 113 Å². The minimum Gasteiger partial charge on any atom is -0.475 e. The van der Waals surface area contributed by atoms with Gasteiger partial charge in [-0.1, -0.05) is 53.9 Å². The number of carboxylic acids is 1.